The highest BCUT2D eigenvalue weighted by molar-refractivity contribution is 5.94. The number of methoxy groups -OCH3 is 1. The molecule has 1 unspecified atom stereocenters. The van der Waals surface area contributed by atoms with Gasteiger partial charge >= 0.3 is 6.18 Å². The average Bonchev–Trinajstić information content (AvgIpc) is 2.93. The Kier molecular flexibility index (Phi) is 4.29. The van der Waals surface area contributed by atoms with Crippen LogP contribution in [0.15, 0.2) is 48.5 Å². The van der Waals surface area contributed by atoms with Gasteiger partial charge in [0.1, 0.15) is 5.69 Å². The van der Waals surface area contributed by atoms with Crippen molar-refractivity contribution in [2.24, 2.45) is 0 Å². The summed E-state index contributed by atoms with van der Waals surface area (Å²) in [6.45, 7) is 0.0190. The van der Waals surface area contributed by atoms with Crippen LogP contribution >= 0.6 is 0 Å². The molecule has 0 saturated heterocycles. The van der Waals surface area contributed by atoms with Gasteiger partial charge in [-0.3, -0.25) is 4.68 Å². The van der Waals surface area contributed by atoms with Gasteiger partial charge in [-0.25, -0.2) is 0 Å². The van der Waals surface area contributed by atoms with Gasteiger partial charge in [0.2, 0.25) is 0 Å². The Morgan fingerprint density at radius 1 is 1.12 bits per heavy atom. The van der Waals surface area contributed by atoms with Gasteiger partial charge in [0.05, 0.1) is 17.6 Å². The number of hydrogen-bond donors (Lipinski definition) is 1. The zero-order valence-electron chi connectivity index (χ0n) is 12.8. The highest BCUT2D eigenvalue weighted by Crippen LogP contribution is 2.38. The Balaban J connectivity index is 2.22. The molecule has 2 aromatic carbocycles. The zero-order chi connectivity index (χ0) is 17.3. The van der Waals surface area contributed by atoms with E-state index < -0.39 is 18.0 Å². The third-order valence-electron chi connectivity index (χ3n) is 3.75. The summed E-state index contributed by atoms with van der Waals surface area (Å²) in [5, 5.41) is 14.6. The highest BCUT2D eigenvalue weighted by Gasteiger charge is 2.34. The second-order valence-corrected chi connectivity index (χ2v) is 5.28. The van der Waals surface area contributed by atoms with Crippen LogP contribution in [0.25, 0.3) is 22.2 Å². The Hall–Kier alpha value is -2.38. The van der Waals surface area contributed by atoms with Crippen molar-refractivity contribution < 1.29 is 23.0 Å². The largest absolute Gasteiger partial charge is 0.417 e. The number of aromatic nitrogens is 2. The Labute approximate surface area is 136 Å². The van der Waals surface area contributed by atoms with Gasteiger partial charge in [-0.2, -0.15) is 18.3 Å². The van der Waals surface area contributed by atoms with Crippen LogP contribution in [0, 0.1) is 0 Å². The normalized spacial score (nSPS) is 13.4. The van der Waals surface area contributed by atoms with E-state index in [2.05, 4.69) is 5.10 Å². The summed E-state index contributed by atoms with van der Waals surface area (Å²) in [6.07, 6.45) is -5.58. The molecule has 0 fully saturated rings. The van der Waals surface area contributed by atoms with Gasteiger partial charge in [0, 0.05) is 18.1 Å². The number of nitrogens with zero attached hydrogens (tertiary/aromatic N) is 2. The van der Waals surface area contributed by atoms with E-state index in [4.69, 9.17) is 4.74 Å². The lowest BCUT2D eigenvalue weighted by atomic mass is 10.0. The second-order valence-electron chi connectivity index (χ2n) is 5.28. The standard InChI is InChI=1S/C17H15F3N2O2/c1-24-15(23)10-22-14-9-5-3-7-12(14)16(21-22)11-6-2-4-8-13(11)17(18,19)20/h2-9,15,23H,10H2,1H3. The molecule has 0 aliphatic rings. The first-order valence-corrected chi connectivity index (χ1v) is 7.25. The fraction of sp³-hybridized carbons (Fsp3) is 0.235. The molecule has 0 aliphatic carbocycles. The van der Waals surface area contributed by atoms with E-state index >= 15 is 0 Å². The lowest BCUT2D eigenvalue weighted by Crippen LogP contribution is -2.18. The predicted octanol–water partition coefficient (Wildman–Crippen LogP) is 3.69. The van der Waals surface area contributed by atoms with Crippen molar-refractivity contribution in [1.29, 1.82) is 0 Å². The SMILES string of the molecule is COC(O)Cn1nc(-c2ccccc2C(F)(F)F)c2ccccc21. The van der Waals surface area contributed by atoms with Crippen LogP contribution in [0.2, 0.25) is 0 Å². The minimum atomic E-state index is -4.48. The van der Waals surface area contributed by atoms with E-state index in [-0.39, 0.29) is 17.8 Å². The summed E-state index contributed by atoms with van der Waals surface area (Å²) in [5.74, 6) is 0. The zero-order valence-corrected chi connectivity index (χ0v) is 12.8. The van der Waals surface area contributed by atoms with Crippen LogP contribution in [-0.4, -0.2) is 28.3 Å². The van der Waals surface area contributed by atoms with Crippen LogP contribution in [0.5, 0.6) is 0 Å². The third-order valence-corrected chi connectivity index (χ3v) is 3.75. The molecule has 24 heavy (non-hydrogen) atoms. The molecule has 0 bridgehead atoms. The predicted molar refractivity (Wildman–Crippen MR) is 83.2 cm³/mol. The Morgan fingerprint density at radius 2 is 1.79 bits per heavy atom. The number of fused-ring (bicyclic) bond motifs is 1. The Morgan fingerprint density at radius 3 is 2.50 bits per heavy atom. The molecule has 4 nitrogen and oxygen atoms in total. The Bertz CT molecular complexity index is 858. The van der Waals surface area contributed by atoms with Crippen LogP contribution in [0.4, 0.5) is 13.2 Å². The van der Waals surface area contributed by atoms with Crippen LogP contribution in [0.3, 0.4) is 0 Å². The lowest BCUT2D eigenvalue weighted by Gasteiger charge is -2.11. The maximum atomic E-state index is 13.3. The number of hydrogen-bond acceptors (Lipinski definition) is 3. The van der Waals surface area contributed by atoms with Crippen molar-refractivity contribution in [3.63, 3.8) is 0 Å². The summed E-state index contributed by atoms with van der Waals surface area (Å²) >= 11 is 0. The fourth-order valence-electron chi connectivity index (χ4n) is 2.62. The van der Waals surface area contributed by atoms with Gasteiger partial charge in [-0.1, -0.05) is 36.4 Å². The molecular formula is C17H15F3N2O2. The summed E-state index contributed by atoms with van der Waals surface area (Å²) in [6, 6.07) is 12.3. The number of ether oxygens (including phenoxy) is 1. The number of aliphatic hydroxyl groups is 1. The molecule has 126 valence electrons. The number of rotatable bonds is 4. The maximum Gasteiger partial charge on any atom is 0.417 e. The third kappa shape index (κ3) is 3.00. The first-order valence-electron chi connectivity index (χ1n) is 7.25. The number of aliphatic hydroxyl groups excluding tert-OH is 1. The van der Waals surface area contributed by atoms with Crippen LogP contribution in [-0.2, 0) is 17.5 Å². The van der Waals surface area contributed by atoms with Crippen molar-refractivity contribution >= 4 is 10.9 Å². The van der Waals surface area contributed by atoms with E-state index in [9.17, 15) is 18.3 Å². The van der Waals surface area contributed by atoms with Crippen molar-refractivity contribution in [3.05, 3.63) is 54.1 Å². The lowest BCUT2D eigenvalue weighted by molar-refractivity contribution is -0.137. The molecule has 1 atom stereocenters. The topological polar surface area (TPSA) is 47.3 Å². The quantitative estimate of drug-likeness (QED) is 0.739. The molecule has 0 saturated carbocycles. The summed E-state index contributed by atoms with van der Waals surface area (Å²) in [7, 11) is 1.34. The molecule has 3 rings (SSSR count). The molecule has 1 aromatic heterocycles. The molecule has 0 spiro atoms. The minimum absolute atomic E-state index is 0.00635. The maximum absolute atomic E-state index is 13.3. The van der Waals surface area contributed by atoms with Crippen LogP contribution in [0.1, 0.15) is 5.56 Å². The molecule has 0 amide bonds. The highest BCUT2D eigenvalue weighted by atomic mass is 19.4. The van der Waals surface area contributed by atoms with E-state index in [0.717, 1.165) is 6.07 Å². The first-order chi connectivity index (χ1) is 11.4. The summed E-state index contributed by atoms with van der Waals surface area (Å²) in [4.78, 5) is 0. The first kappa shape index (κ1) is 16.5. The minimum Gasteiger partial charge on any atom is -0.366 e. The summed E-state index contributed by atoms with van der Waals surface area (Å²) < 4.78 is 46.2. The average molecular weight is 336 g/mol. The number of alkyl halides is 3. The number of para-hydroxylation sites is 1. The van der Waals surface area contributed by atoms with Crippen molar-refractivity contribution in [2.45, 2.75) is 19.0 Å². The van der Waals surface area contributed by atoms with E-state index in [0.29, 0.717) is 10.9 Å². The summed E-state index contributed by atoms with van der Waals surface area (Å²) in [5.41, 5.74) is 0.113. The van der Waals surface area contributed by atoms with Gasteiger partial charge in [0.15, 0.2) is 6.29 Å². The second kappa shape index (κ2) is 6.26. The number of benzene rings is 2. The van der Waals surface area contributed by atoms with Gasteiger partial charge in [0.25, 0.3) is 0 Å². The molecule has 7 heteroatoms. The van der Waals surface area contributed by atoms with Crippen LogP contribution < -0.4 is 0 Å². The van der Waals surface area contributed by atoms with Crippen molar-refractivity contribution in [2.75, 3.05) is 7.11 Å². The van der Waals surface area contributed by atoms with Gasteiger partial charge in [-0.15, -0.1) is 0 Å². The van der Waals surface area contributed by atoms with Gasteiger partial charge < -0.3 is 9.84 Å². The number of halogens is 3. The molecule has 3 aromatic rings. The molecule has 0 radical (unpaired) electrons. The smallest absolute Gasteiger partial charge is 0.366 e. The van der Waals surface area contributed by atoms with Crippen molar-refractivity contribution in [1.82, 2.24) is 9.78 Å². The fourth-order valence-corrected chi connectivity index (χ4v) is 2.62. The van der Waals surface area contributed by atoms with Crippen molar-refractivity contribution in [3.8, 4) is 11.3 Å². The molecular weight excluding hydrogens is 321 g/mol. The van der Waals surface area contributed by atoms with E-state index in [1.165, 1.54) is 23.9 Å². The molecule has 1 N–H and O–H groups in total. The van der Waals surface area contributed by atoms with Gasteiger partial charge in [-0.05, 0) is 12.1 Å². The molecule has 0 aliphatic heterocycles. The monoisotopic (exact) mass is 336 g/mol. The van der Waals surface area contributed by atoms with E-state index in [1.807, 2.05) is 0 Å². The van der Waals surface area contributed by atoms with E-state index in [1.54, 1.807) is 30.3 Å². The molecule has 1 heterocycles.